The molecule has 0 saturated heterocycles. The van der Waals surface area contributed by atoms with Gasteiger partial charge in [-0.15, -0.1) is 0 Å². The summed E-state index contributed by atoms with van der Waals surface area (Å²) in [6.07, 6.45) is 0. The molecule has 0 aliphatic rings. The van der Waals surface area contributed by atoms with E-state index in [1.165, 1.54) is 37.3 Å². The molecule has 0 saturated carbocycles. The Kier molecular flexibility index (Phi) is 5.41. The van der Waals surface area contributed by atoms with E-state index >= 15 is 0 Å². The van der Waals surface area contributed by atoms with Crippen LogP contribution in [0.15, 0.2) is 48.5 Å². The molecule has 0 fully saturated rings. The summed E-state index contributed by atoms with van der Waals surface area (Å²) in [7, 11) is 0. The lowest BCUT2D eigenvalue weighted by Gasteiger charge is -2.11. The number of hydrazine groups is 1. The fraction of sp³-hybridized carbons (Fsp3) is 0.0625. The number of anilines is 1. The summed E-state index contributed by atoms with van der Waals surface area (Å²) in [5, 5.41) is 13.1. The minimum atomic E-state index is -0.639. The van der Waals surface area contributed by atoms with Gasteiger partial charge in [-0.05, 0) is 24.3 Å². The number of amides is 3. The first-order valence-electron chi connectivity index (χ1n) is 7.10. The average molecular weight is 342 g/mol. The highest BCUT2D eigenvalue weighted by molar-refractivity contribution is 6.04. The van der Waals surface area contributed by atoms with Crippen LogP contribution in [0.1, 0.15) is 27.6 Å². The Morgan fingerprint density at radius 2 is 1.52 bits per heavy atom. The van der Waals surface area contributed by atoms with Crippen LogP contribution in [0.5, 0.6) is 0 Å². The molecule has 0 aliphatic carbocycles. The smallest absolute Gasteiger partial charge is 0.271 e. The molecule has 0 heterocycles. The minimum Gasteiger partial charge on any atom is -0.326 e. The number of hydrogen-bond donors (Lipinski definition) is 3. The van der Waals surface area contributed by atoms with Crippen molar-refractivity contribution in [3.63, 3.8) is 0 Å². The number of benzene rings is 2. The van der Waals surface area contributed by atoms with Gasteiger partial charge < -0.3 is 5.32 Å². The second-order valence-electron chi connectivity index (χ2n) is 4.94. The molecule has 0 atom stereocenters. The molecule has 2 rings (SSSR count). The standard InChI is InChI=1S/C16H14N4O5/c1-10(21)17-14-5-3-2-4-13(14)16(23)19-18-15(22)11-6-8-12(9-7-11)20(24)25/h2-9H,1H3,(H,17,21)(H,18,22)(H,19,23). The lowest BCUT2D eigenvalue weighted by atomic mass is 10.1. The second kappa shape index (κ2) is 7.68. The summed E-state index contributed by atoms with van der Waals surface area (Å²) in [6, 6.07) is 11.2. The van der Waals surface area contributed by atoms with Crippen LogP contribution in [-0.4, -0.2) is 22.6 Å². The van der Waals surface area contributed by atoms with Gasteiger partial charge in [0.05, 0.1) is 16.2 Å². The molecule has 0 unspecified atom stereocenters. The van der Waals surface area contributed by atoms with Crippen LogP contribution in [-0.2, 0) is 4.79 Å². The summed E-state index contributed by atoms with van der Waals surface area (Å²) in [4.78, 5) is 45.3. The summed E-state index contributed by atoms with van der Waals surface area (Å²) in [5.41, 5.74) is 4.89. The molecule has 25 heavy (non-hydrogen) atoms. The summed E-state index contributed by atoms with van der Waals surface area (Å²) in [5.74, 6) is -1.60. The zero-order valence-electron chi connectivity index (χ0n) is 13.1. The van der Waals surface area contributed by atoms with Crippen LogP contribution in [0.3, 0.4) is 0 Å². The van der Waals surface area contributed by atoms with E-state index in [0.717, 1.165) is 0 Å². The van der Waals surface area contributed by atoms with Gasteiger partial charge in [0.1, 0.15) is 0 Å². The van der Waals surface area contributed by atoms with Gasteiger partial charge >= 0.3 is 0 Å². The van der Waals surface area contributed by atoms with E-state index in [2.05, 4.69) is 16.2 Å². The zero-order chi connectivity index (χ0) is 18.4. The maximum Gasteiger partial charge on any atom is 0.271 e. The van der Waals surface area contributed by atoms with Crippen LogP contribution in [0.2, 0.25) is 0 Å². The number of rotatable bonds is 4. The largest absolute Gasteiger partial charge is 0.326 e. The molecule has 128 valence electrons. The van der Waals surface area contributed by atoms with Gasteiger partial charge in [-0.1, -0.05) is 12.1 Å². The summed E-state index contributed by atoms with van der Waals surface area (Å²) >= 11 is 0. The highest BCUT2D eigenvalue weighted by atomic mass is 16.6. The highest BCUT2D eigenvalue weighted by Gasteiger charge is 2.14. The molecule has 0 radical (unpaired) electrons. The molecule has 2 aromatic carbocycles. The van der Waals surface area contributed by atoms with E-state index in [1.807, 2.05) is 0 Å². The Morgan fingerprint density at radius 3 is 2.12 bits per heavy atom. The molecule has 3 amide bonds. The van der Waals surface area contributed by atoms with E-state index < -0.39 is 16.7 Å². The molecule has 3 N–H and O–H groups in total. The highest BCUT2D eigenvalue weighted by Crippen LogP contribution is 2.15. The molecular weight excluding hydrogens is 328 g/mol. The number of carbonyl (C=O) groups excluding carboxylic acids is 3. The Hall–Kier alpha value is -3.75. The number of nitro groups is 1. The molecule has 9 heteroatoms. The van der Waals surface area contributed by atoms with Crippen LogP contribution in [0.25, 0.3) is 0 Å². The van der Waals surface area contributed by atoms with Crippen molar-refractivity contribution in [3.05, 3.63) is 69.8 Å². The first-order chi connectivity index (χ1) is 11.9. The predicted octanol–water partition coefficient (Wildman–Crippen LogP) is 1.63. The Balaban J connectivity index is 2.03. The normalized spacial score (nSPS) is 9.80. The van der Waals surface area contributed by atoms with Gasteiger partial charge in [0, 0.05) is 24.6 Å². The Labute approximate surface area is 142 Å². The maximum absolute atomic E-state index is 12.2. The quantitative estimate of drug-likeness (QED) is 0.574. The molecule has 0 spiro atoms. The predicted molar refractivity (Wildman–Crippen MR) is 88.8 cm³/mol. The molecule has 0 aromatic heterocycles. The van der Waals surface area contributed by atoms with E-state index in [9.17, 15) is 24.5 Å². The number of non-ortho nitro benzene ring substituents is 1. The van der Waals surface area contributed by atoms with Crippen molar-refractivity contribution in [2.24, 2.45) is 0 Å². The SMILES string of the molecule is CC(=O)Nc1ccccc1C(=O)NNC(=O)c1ccc([N+](=O)[O-])cc1. The molecule has 0 bridgehead atoms. The third-order valence-electron chi connectivity index (χ3n) is 3.11. The molecule has 2 aromatic rings. The number of nitro benzene ring substituents is 1. The third kappa shape index (κ3) is 4.61. The monoisotopic (exact) mass is 342 g/mol. The number of nitrogens with one attached hydrogen (secondary N) is 3. The van der Waals surface area contributed by atoms with Crippen LogP contribution in [0, 0.1) is 10.1 Å². The van der Waals surface area contributed by atoms with E-state index in [1.54, 1.807) is 18.2 Å². The van der Waals surface area contributed by atoms with Gasteiger partial charge in [0.15, 0.2) is 0 Å². The van der Waals surface area contributed by atoms with Crippen molar-refractivity contribution in [2.45, 2.75) is 6.92 Å². The summed E-state index contributed by atoms with van der Waals surface area (Å²) in [6.45, 7) is 1.31. The topological polar surface area (TPSA) is 130 Å². The van der Waals surface area contributed by atoms with Crippen molar-refractivity contribution in [2.75, 3.05) is 5.32 Å². The van der Waals surface area contributed by atoms with Crippen molar-refractivity contribution < 1.29 is 19.3 Å². The Morgan fingerprint density at radius 1 is 0.920 bits per heavy atom. The minimum absolute atomic E-state index is 0.140. The average Bonchev–Trinajstić information content (AvgIpc) is 2.59. The second-order valence-corrected chi connectivity index (χ2v) is 4.94. The number of hydrogen-bond acceptors (Lipinski definition) is 5. The number of nitrogens with zero attached hydrogens (tertiary/aromatic N) is 1. The van der Waals surface area contributed by atoms with E-state index in [4.69, 9.17) is 0 Å². The zero-order valence-corrected chi connectivity index (χ0v) is 13.1. The number of para-hydroxylation sites is 1. The van der Waals surface area contributed by atoms with Gasteiger partial charge in [0.25, 0.3) is 17.5 Å². The van der Waals surface area contributed by atoms with Gasteiger partial charge in [-0.2, -0.15) is 0 Å². The van der Waals surface area contributed by atoms with E-state index in [-0.39, 0.29) is 22.7 Å². The summed E-state index contributed by atoms with van der Waals surface area (Å²) < 4.78 is 0. The van der Waals surface area contributed by atoms with Crippen molar-refractivity contribution in [1.82, 2.24) is 10.9 Å². The maximum atomic E-state index is 12.2. The van der Waals surface area contributed by atoms with Crippen molar-refractivity contribution in [3.8, 4) is 0 Å². The molecule has 9 nitrogen and oxygen atoms in total. The van der Waals surface area contributed by atoms with Crippen molar-refractivity contribution in [1.29, 1.82) is 0 Å². The lowest BCUT2D eigenvalue weighted by Crippen LogP contribution is -2.41. The third-order valence-corrected chi connectivity index (χ3v) is 3.11. The lowest BCUT2D eigenvalue weighted by molar-refractivity contribution is -0.384. The van der Waals surface area contributed by atoms with Crippen LogP contribution >= 0.6 is 0 Å². The molecular formula is C16H14N4O5. The first-order valence-corrected chi connectivity index (χ1v) is 7.10. The number of carbonyl (C=O) groups is 3. The van der Waals surface area contributed by atoms with Crippen LogP contribution < -0.4 is 16.2 Å². The van der Waals surface area contributed by atoms with Gasteiger partial charge in [0.2, 0.25) is 5.91 Å². The van der Waals surface area contributed by atoms with Crippen molar-refractivity contribution >= 4 is 29.1 Å². The fourth-order valence-corrected chi connectivity index (χ4v) is 1.97. The fourth-order valence-electron chi connectivity index (χ4n) is 1.97. The Bertz CT molecular complexity index is 833. The van der Waals surface area contributed by atoms with E-state index in [0.29, 0.717) is 5.69 Å². The van der Waals surface area contributed by atoms with Crippen LogP contribution in [0.4, 0.5) is 11.4 Å². The van der Waals surface area contributed by atoms with Gasteiger partial charge in [-0.3, -0.25) is 35.3 Å². The molecule has 0 aliphatic heterocycles. The van der Waals surface area contributed by atoms with Gasteiger partial charge in [-0.25, -0.2) is 0 Å². The first kappa shape index (κ1) is 17.6.